The zero-order chi connectivity index (χ0) is 25.2. The Morgan fingerprint density at radius 2 is 1.71 bits per heavy atom. The molecule has 4 rings (SSSR count). The number of para-hydroxylation sites is 2. The zero-order valence-corrected chi connectivity index (χ0v) is 20.4. The third-order valence-electron chi connectivity index (χ3n) is 4.82. The van der Waals surface area contributed by atoms with Crippen molar-refractivity contribution in [2.45, 2.75) is 4.90 Å². The summed E-state index contributed by atoms with van der Waals surface area (Å²) in [4.78, 5) is 24.6. The summed E-state index contributed by atoms with van der Waals surface area (Å²) in [5, 5.41) is 11.2. The first kappa shape index (κ1) is 24.4. The predicted octanol–water partition coefficient (Wildman–Crippen LogP) is 4.78. The molecule has 0 unspecified atom stereocenters. The molecule has 12 heteroatoms. The number of thioether (sulfide) groups is 1. The van der Waals surface area contributed by atoms with Crippen molar-refractivity contribution < 1.29 is 27.1 Å². The van der Waals surface area contributed by atoms with Gasteiger partial charge in [0.25, 0.3) is 11.6 Å². The molecule has 9 nitrogen and oxygen atoms in total. The molecule has 35 heavy (non-hydrogen) atoms. The van der Waals surface area contributed by atoms with Crippen LogP contribution in [0, 0.1) is 10.1 Å². The number of rotatable bonds is 7. The molecule has 0 atom stereocenters. The van der Waals surface area contributed by atoms with E-state index in [0.717, 1.165) is 23.9 Å². The van der Waals surface area contributed by atoms with Crippen molar-refractivity contribution >= 4 is 61.8 Å². The van der Waals surface area contributed by atoms with E-state index >= 15 is 0 Å². The fourth-order valence-electron chi connectivity index (χ4n) is 3.24. The van der Waals surface area contributed by atoms with Crippen molar-refractivity contribution in [2.75, 3.05) is 12.0 Å². The summed E-state index contributed by atoms with van der Waals surface area (Å²) in [6, 6.07) is 18.2. The largest absolute Gasteiger partial charge is 0.493 e. The van der Waals surface area contributed by atoms with Gasteiger partial charge >= 0.3 is 10.1 Å². The lowest BCUT2D eigenvalue weighted by molar-refractivity contribution is -0.387. The first-order chi connectivity index (χ1) is 16.7. The van der Waals surface area contributed by atoms with Gasteiger partial charge in [0, 0.05) is 6.07 Å². The second-order valence-electron chi connectivity index (χ2n) is 7.03. The molecule has 0 spiro atoms. The number of anilines is 1. The molecule has 0 bridgehead atoms. The van der Waals surface area contributed by atoms with Crippen LogP contribution < -0.4 is 13.8 Å². The summed E-state index contributed by atoms with van der Waals surface area (Å²) < 4.78 is 36.3. The number of ether oxygens (including phenoxy) is 1. The SMILES string of the molecule is COc1cc(/C=C2\SC(=S)N(c3ccccc3)C2=O)ccc1OS(=O)(=O)c1ccccc1[N+](=O)[O-]. The van der Waals surface area contributed by atoms with Crippen molar-refractivity contribution in [1.29, 1.82) is 0 Å². The van der Waals surface area contributed by atoms with Gasteiger partial charge in [0.15, 0.2) is 20.7 Å². The highest BCUT2D eigenvalue weighted by Crippen LogP contribution is 2.38. The molecule has 3 aromatic rings. The number of nitrogens with zero attached hydrogens (tertiary/aromatic N) is 2. The lowest BCUT2D eigenvalue weighted by atomic mass is 10.2. The number of methoxy groups -OCH3 is 1. The van der Waals surface area contributed by atoms with E-state index in [-0.39, 0.29) is 17.4 Å². The predicted molar refractivity (Wildman–Crippen MR) is 136 cm³/mol. The number of carbonyl (C=O) groups excluding carboxylic acids is 1. The van der Waals surface area contributed by atoms with E-state index < -0.39 is 25.6 Å². The lowest BCUT2D eigenvalue weighted by Crippen LogP contribution is -2.27. The molecule has 178 valence electrons. The smallest absolute Gasteiger partial charge is 0.346 e. The van der Waals surface area contributed by atoms with Gasteiger partial charge in [-0.1, -0.05) is 60.4 Å². The second-order valence-corrected chi connectivity index (χ2v) is 10.2. The number of nitro benzene ring substituents is 1. The van der Waals surface area contributed by atoms with Crippen LogP contribution in [0.4, 0.5) is 11.4 Å². The van der Waals surface area contributed by atoms with Gasteiger partial charge < -0.3 is 8.92 Å². The second kappa shape index (κ2) is 9.86. The van der Waals surface area contributed by atoms with Crippen molar-refractivity contribution in [1.82, 2.24) is 0 Å². The average Bonchev–Trinajstić information content (AvgIpc) is 3.12. The highest BCUT2D eigenvalue weighted by molar-refractivity contribution is 8.27. The summed E-state index contributed by atoms with van der Waals surface area (Å²) in [5.41, 5.74) is 0.578. The molecule has 1 saturated heterocycles. The number of hydrogen-bond donors (Lipinski definition) is 0. The van der Waals surface area contributed by atoms with Gasteiger partial charge in [-0.05, 0) is 42.0 Å². The zero-order valence-electron chi connectivity index (χ0n) is 18.0. The average molecular weight is 529 g/mol. The molecule has 1 heterocycles. The van der Waals surface area contributed by atoms with E-state index in [9.17, 15) is 23.3 Å². The molecule has 0 aliphatic carbocycles. The summed E-state index contributed by atoms with van der Waals surface area (Å²) in [5.74, 6) is -0.399. The molecular weight excluding hydrogens is 512 g/mol. The Balaban J connectivity index is 1.62. The molecule has 1 aliphatic rings. The van der Waals surface area contributed by atoms with Gasteiger partial charge in [0.1, 0.15) is 0 Å². The van der Waals surface area contributed by atoms with Crippen LogP contribution in [0.3, 0.4) is 0 Å². The molecule has 0 saturated carbocycles. The van der Waals surface area contributed by atoms with Crippen LogP contribution >= 0.6 is 24.0 Å². The van der Waals surface area contributed by atoms with Gasteiger partial charge in [-0.25, -0.2) is 0 Å². The topological polar surface area (TPSA) is 116 Å². The molecular formula is C23H16N2O7S3. The quantitative estimate of drug-likeness (QED) is 0.140. The number of thiocarbonyl (C=S) groups is 1. The Morgan fingerprint density at radius 3 is 2.40 bits per heavy atom. The fourth-order valence-corrected chi connectivity index (χ4v) is 5.65. The van der Waals surface area contributed by atoms with E-state index in [1.54, 1.807) is 30.3 Å². The molecule has 1 aliphatic heterocycles. The van der Waals surface area contributed by atoms with E-state index in [1.807, 2.05) is 6.07 Å². The maximum absolute atomic E-state index is 12.9. The van der Waals surface area contributed by atoms with Crippen molar-refractivity contribution in [2.24, 2.45) is 0 Å². The minimum Gasteiger partial charge on any atom is -0.493 e. The summed E-state index contributed by atoms with van der Waals surface area (Å²) in [6.07, 6.45) is 1.60. The van der Waals surface area contributed by atoms with Crippen LogP contribution in [0.25, 0.3) is 6.08 Å². The molecule has 0 radical (unpaired) electrons. The van der Waals surface area contributed by atoms with Crippen LogP contribution in [0.5, 0.6) is 11.5 Å². The minimum absolute atomic E-state index is 0.0550. The number of nitro groups is 1. The fraction of sp³-hybridized carbons (Fsp3) is 0.0435. The van der Waals surface area contributed by atoms with Crippen molar-refractivity contribution in [3.8, 4) is 11.5 Å². The van der Waals surface area contributed by atoms with E-state index in [4.69, 9.17) is 21.1 Å². The highest BCUT2D eigenvalue weighted by atomic mass is 32.2. The molecule has 3 aromatic carbocycles. The summed E-state index contributed by atoms with van der Waals surface area (Å²) in [6.45, 7) is 0. The Bertz CT molecular complexity index is 1470. The Hall–Kier alpha value is -3.74. The first-order valence-electron chi connectivity index (χ1n) is 9.90. The normalized spacial score (nSPS) is 14.9. The summed E-state index contributed by atoms with van der Waals surface area (Å²) >= 11 is 6.50. The van der Waals surface area contributed by atoms with Gasteiger partial charge in [-0.15, -0.1) is 0 Å². The maximum Gasteiger partial charge on any atom is 0.346 e. The lowest BCUT2D eigenvalue weighted by Gasteiger charge is -2.14. The third kappa shape index (κ3) is 5.04. The van der Waals surface area contributed by atoms with Crippen LogP contribution in [0.2, 0.25) is 0 Å². The monoisotopic (exact) mass is 528 g/mol. The number of hydrogen-bond acceptors (Lipinski definition) is 9. The van der Waals surface area contributed by atoms with E-state index in [2.05, 4.69) is 0 Å². The van der Waals surface area contributed by atoms with Crippen LogP contribution in [0.1, 0.15) is 5.56 Å². The Kier molecular flexibility index (Phi) is 6.87. The van der Waals surface area contributed by atoms with Gasteiger partial charge in [-0.2, -0.15) is 8.42 Å². The third-order valence-corrected chi connectivity index (χ3v) is 7.41. The number of benzene rings is 3. The number of carbonyl (C=O) groups is 1. The Morgan fingerprint density at radius 1 is 1.03 bits per heavy atom. The van der Waals surface area contributed by atoms with Gasteiger partial charge in [0.2, 0.25) is 0 Å². The van der Waals surface area contributed by atoms with Crippen LogP contribution in [0.15, 0.2) is 82.6 Å². The summed E-state index contributed by atoms with van der Waals surface area (Å²) in [7, 11) is -3.21. The highest BCUT2D eigenvalue weighted by Gasteiger charge is 2.33. The molecule has 0 N–H and O–H groups in total. The van der Waals surface area contributed by atoms with Crippen molar-refractivity contribution in [3.05, 3.63) is 93.4 Å². The van der Waals surface area contributed by atoms with E-state index in [0.29, 0.717) is 20.5 Å². The molecule has 0 aromatic heterocycles. The Labute approximate surface area is 210 Å². The van der Waals surface area contributed by atoms with Crippen LogP contribution in [-0.2, 0) is 14.9 Å². The van der Waals surface area contributed by atoms with Crippen LogP contribution in [-0.4, -0.2) is 30.7 Å². The van der Waals surface area contributed by atoms with Gasteiger partial charge in [0.05, 0.1) is 22.6 Å². The maximum atomic E-state index is 12.9. The van der Waals surface area contributed by atoms with Gasteiger partial charge in [-0.3, -0.25) is 19.8 Å². The standard InChI is InChI=1S/C23H16N2O7S3/c1-31-19-13-15(14-20-22(26)24(23(33)34-20)16-7-3-2-4-8-16)11-12-18(19)32-35(29,30)21-10-6-5-9-17(21)25(27)28/h2-14H,1H3/b20-14-. The van der Waals surface area contributed by atoms with Crippen molar-refractivity contribution in [3.63, 3.8) is 0 Å². The number of amides is 1. The first-order valence-corrected chi connectivity index (χ1v) is 12.5. The minimum atomic E-state index is -4.53. The molecule has 1 amide bonds. The molecule has 1 fully saturated rings. The van der Waals surface area contributed by atoms with E-state index in [1.165, 1.54) is 42.3 Å².